The van der Waals surface area contributed by atoms with Crippen molar-refractivity contribution in [1.82, 2.24) is 9.38 Å². The largest absolute Gasteiger partial charge is 0.461 e. The van der Waals surface area contributed by atoms with Crippen LogP contribution < -0.4 is 0 Å². The molecule has 0 spiro atoms. The van der Waals surface area contributed by atoms with E-state index in [-0.39, 0.29) is 0 Å². The smallest absolute Gasteiger partial charge is 0.358 e. The quantitative estimate of drug-likeness (QED) is 0.618. The van der Waals surface area contributed by atoms with Crippen LogP contribution >= 0.6 is 34.2 Å². The van der Waals surface area contributed by atoms with Crippen molar-refractivity contribution in [2.45, 2.75) is 6.92 Å². The average Bonchev–Trinajstić information content (AvgIpc) is 2.69. The SMILES string of the molecule is CCOC(=O)c1cn2ccc(Cl)c(I)c2n1. The second-order valence-electron chi connectivity index (χ2n) is 3.06. The van der Waals surface area contributed by atoms with E-state index in [4.69, 9.17) is 16.3 Å². The summed E-state index contributed by atoms with van der Waals surface area (Å²) >= 11 is 8.05. The standard InChI is InChI=1S/C10H8ClIN2O2/c1-2-16-10(15)7-5-14-4-3-6(11)8(12)9(14)13-7/h3-5H,2H2,1H3. The third-order valence-electron chi connectivity index (χ3n) is 2.00. The number of fused-ring (bicyclic) bond motifs is 1. The first-order chi connectivity index (χ1) is 7.63. The van der Waals surface area contributed by atoms with Crippen molar-refractivity contribution in [1.29, 1.82) is 0 Å². The van der Waals surface area contributed by atoms with Crippen LogP contribution in [0, 0.1) is 3.57 Å². The minimum absolute atomic E-state index is 0.294. The van der Waals surface area contributed by atoms with Gasteiger partial charge in [0.15, 0.2) is 11.3 Å². The predicted octanol–water partition coefficient (Wildman–Crippen LogP) is 2.77. The summed E-state index contributed by atoms with van der Waals surface area (Å²) in [6.45, 7) is 2.10. The summed E-state index contributed by atoms with van der Waals surface area (Å²) in [5.74, 6) is -0.418. The first-order valence-electron chi connectivity index (χ1n) is 4.63. The minimum atomic E-state index is -0.418. The molecule has 2 aromatic rings. The highest BCUT2D eigenvalue weighted by molar-refractivity contribution is 14.1. The molecule has 0 amide bonds. The summed E-state index contributed by atoms with van der Waals surface area (Å²) in [6, 6.07) is 1.76. The summed E-state index contributed by atoms with van der Waals surface area (Å²) < 4.78 is 7.44. The van der Waals surface area contributed by atoms with E-state index in [0.29, 0.717) is 23.0 Å². The average molecular weight is 351 g/mol. The van der Waals surface area contributed by atoms with Gasteiger partial charge in [0.05, 0.1) is 15.2 Å². The molecular formula is C10H8ClIN2O2. The zero-order valence-corrected chi connectivity index (χ0v) is 11.3. The number of carbonyl (C=O) groups is 1. The Morgan fingerprint density at radius 1 is 1.69 bits per heavy atom. The minimum Gasteiger partial charge on any atom is -0.461 e. The number of esters is 1. The molecule has 0 aromatic carbocycles. The van der Waals surface area contributed by atoms with Crippen molar-refractivity contribution < 1.29 is 9.53 Å². The molecule has 0 radical (unpaired) electrons. The maximum absolute atomic E-state index is 11.5. The van der Waals surface area contributed by atoms with Gasteiger partial charge >= 0.3 is 5.97 Å². The van der Waals surface area contributed by atoms with Gasteiger partial charge in [0.25, 0.3) is 0 Å². The van der Waals surface area contributed by atoms with Crippen LogP contribution in [0.4, 0.5) is 0 Å². The second-order valence-corrected chi connectivity index (χ2v) is 4.54. The van der Waals surface area contributed by atoms with Crippen LogP contribution in [0.15, 0.2) is 18.5 Å². The number of imidazole rings is 1. The fraction of sp³-hybridized carbons (Fsp3) is 0.200. The summed E-state index contributed by atoms with van der Waals surface area (Å²) in [4.78, 5) is 15.7. The Hall–Kier alpha value is -0.820. The fourth-order valence-corrected chi connectivity index (χ4v) is 2.02. The van der Waals surface area contributed by atoms with E-state index in [1.54, 1.807) is 29.8 Å². The molecule has 4 nitrogen and oxygen atoms in total. The first kappa shape index (κ1) is 11.7. The number of hydrogen-bond donors (Lipinski definition) is 0. The molecule has 0 saturated carbocycles. The molecule has 0 aliphatic heterocycles. The number of pyridine rings is 1. The zero-order chi connectivity index (χ0) is 11.7. The maximum atomic E-state index is 11.5. The van der Waals surface area contributed by atoms with Gasteiger partial charge in [-0.05, 0) is 35.6 Å². The molecule has 2 rings (SSSR count). The Labute approximate surface area is 111 Å². The second kappa shape index (κ2) is 4.58. The normalized spacial score (nSPS) is 10.7. The van der Waals surface area contributed by atoms with Gasteiger partial charge in [0.1, 0.15) is 0 Å². The van der Waals surface area contributed by atoms with E-state index in [1.165, 1.54) is 0 Å². The van der Waals surface area contributed by atoms with E-state index in [1.807, 2.05) is 0 Å². The van der Waals surface area contributed by atoms with E-state index >= 15 is 0 Å². The van der Waals surface area contributed by atoms with Crippen molar-refractivity contribution in [3.05, 3.63) is 32.7 Å². The first-order valence-corrected chi connectivity index (χ1v) is 6.09. The van der Waals surface area contributed by atoms with Gasteiger partial charge in [0.2, 0.25) is 0 Å². The van der Waals surface area contributed by atoms with Crippen LogP contribution in [0.1, 0.15) is 17.4 Å². The van der Waals surface area contributed by atoms with Gasteiger partial charge in [0, 0.05) is 12.4 Å². The number of nitrogens with zero attached hydrogens (tertiary/aromatic N) is 2. The van der Waals surface area contributed by atoms with Crippen molar-refractivity contribution in [3.63, 3.8) is 0 Å². The molecule has 16 heavy (non-hydrogen) atoms. The lowest BCUT2D eigenvalue weighted by Crippen LogP contribution is -2.04. The molecule has 84 valence electrons. The van der Waals surface area contributed by atoms with Crippen molar-refractivity contribution >= 4 is 45.8 Å². The lowest BCUT2D eigenvalue weighted by molar-refractivity contribution is 0.0520. The van der Waals surface area contributed by atoms with Gasteiger partial charge in [-0.25, -0.2) is 9.78 Å². The monoisotopic (exact) mass is 350 g/mol. The van der Waals surface area contributed by atoms with Crippen molar-refractivity contribution in [2.24, 2.45) is 0 Å². The van der Waals surface area contributed by atoms with Crippen molar-refractivity contribution in [2.75, 3.05) is 6.61 Å². The Morgan fingerprint density at radius 3 is 3.12 bits per heavy atom. The van der Waals surface area contributed by atoms with Gasteiger partial charge in [-0.2, -0.15) is 0 Å². The molecular weight excluding hydrogens is 342 g/mol. The molecule has 0 aliphatic carbocycles. The van der Waals surface area contributed by atoms with Crippen LogP contribution in [-0.4, -0.2) is 22.0 Å². The lowest BCUT2D eigenvalue weighted by atomic mass is 10.5. The number of rotatable bonds is 2. The van der Waals surface area contributed by atoms with Crippen LogP contribution in [-0.2, 0) is 4.74 Å². The van der Waals surface area contributed by atoms with Crippen molar-refractivity contribution in [3.8, 4) is 0 Å². The molecule has 6 heteroatoms. The van der Waals surface area contributed by atoms with Crippen LogP contribution in [0.25, 0.3) is 5.65 Å². The van der Waals surface area contributed by atoms with E-state index in [2.05, 4.69) is 27.6 Å². The molecule has 0 saturated heterocycles. The highest BCUT2D eigenvalue weighted by Crippen LogP contribution is 2.22. The number of hydrogen-bond acceptors (Lipinski definition) is 3. The predicted molar refractivity (Wildman–Crippen MR) is 68.9 cm³/mol. The van der Waals surface area contributed by atoms with Crippen LogP contribution in [0.5, 0.6) is 0 Å². The Bertz CT molecular complexity index is 553. The number of ether oxygens (including phenoxy) is 1. The third-order valence-corrected chi connectivity index (χ3v) is 3.70. The number of carbonyl (C=O) groups excluding carboxylic acids is 1. The Morgan fingerprint density at radius 2 is 2.44 bits per heavy atom. The van der Waals surface area contributed by atoms with Gasteiger partial charge in [-0.3, -0.25) is 0 Å². The zero-order valence-electron chi connectivity index (χ0n) is 8.41. The molecule has 0 N–H and O–H groups in total. The van der Waals surface area contributed by atoms with E-state index < -0.39 is 5.97 Å². The van der Waals surface area contributed by atoms with E-state index in [0.717, 1.165) is 3.57 Å². The van der Waals surface area contributed by atoms with Gasteiger partial charge in [-0.1, -0.05) is 11.6 Å². The summed E-state index contributed by atoms with van der Waals surface area (Å²) in [5.41, 5.74) is 0.957. The summed E-state index contributed by atoms with van der Waals surface area (Å²) in [6.07, 6.45) is 3.39. The summed E-state index contributed by atoms with van der Waals surface area (Å²) in [5, 5.41) is 0.620. The van der Waals surface area contributed by atoms with Crippen LogP contribution in [0.3, 0.4) is 0 Å². The van der Waals surface area contributed by atoms with Gasteiger partial charge < -0.3 is 9.14 Å². The lowest BCUT2D eigenvalue weighted by Gasteiger charge is -1.97. The highest BCUT2D eigenvalue weighted by atomic mass is 127. The Kier molecular flexibility index (Phi) is 3.34. The molecule has 2 aromatic heterocycles. The molecule has 0 fully saturated rings. The topological polar surface area (TPSA) is 43.6 Å². The maximum Gasteiger partial charge on any atom is 0.358 e. The molecule has 0 aliphatic rings. The molecule has 0 unspecified atom stereocenters. The number of halogens is 2. The molecule has 0 bridgehead atoms. The Balaban J connectivity index is 2.52. The van der Waals surface area contributed by atoms with Crippen LogP contribution in [0.2, 0.25) is 5.02 Å². The highest BCUT2D eigenvalue weighted by Gasteiger charge is 2.14. The number of aromatic nitrogens is 2. The molecule has 2 heterocycles. The summed E-state index contributed by atoms with van der Waals surface area (Å²) in [7, 11) is 0. The third kappa shape index (κ3) is 2.01. The molecule has 0 atom stereocenters. The fourth-order valence-electron chi connectivity index (χ4n) is 1.30. The van der Waals surface area contributed by atoms with Gasteiger partial charge in [-0.15, -0.1) is 0 Å². The van der Waals surface area contributed by atoms with E-state index in [9.17, 15) is 4.79 Å².